The fourth-order valence-corrected chi connectivity index (χ4v) is 2.05. The van der Waals surface area contributed by atoms with Gasteiger partial charge in [-0.25, -0.2) is 0 Å². The van der Waals surface area contributed by atoms with Crippen molar-refractivity contribution in [1.82, 2.24) is 10.2 Å². The van der Waals surface area contributed by atoms with Gasteiger partial charge in [0.05, 0.1) is 0 Å². The zero-order valence-corrected chi connectivity index (χ0v) is 10.4. The van der Waals surface area contributed by atoms with Gasteiger partial charge in [0.2, 0.25) is 5.91 Å². The molecule has 88 valence electrons. The molecule has 2 atom stereocenters. The Morgan fingerprint density at radius 2 is 2.13 bits per heavy atom. The van der Waals surface area contributed by atoms with E-state index in [1.165, 1.54) is 0 Å². The van der Waals surface area contributed by atoms with E-state index in [0.29, 0.717) is 17.9 Å². The van der Waals surface area contributed by atoms with Crippen LogP contribution in [0.3, 0.4) is 0 Å². The summed E-state index contributed by atoms with van der Waals surface area (Å²) in [6.07, 6.45) is 1.10. The van der Waals surface area contributed by atoms with Crippen molar-refractivity contribution in [3.8, 4) is 0 Å². The van der Waals surface area contributed by atoms with E-state index >= 15 is 0 Å². The highest BCUT2D eigenvalue weighted by molar-refractivity contribution is 5.79. The highest BCUT2D eigenvalue weighted by Crippen LogP contribution is 2.17. The lowest BCUT2D eigenvalue weighted by Gasteiger charge is -2.31. The summed E-state index contributed by atoms with van der Waals surface area (Å²) in [7, 11) is 0. The lowest BCUT2D eigenvalue weighted by atomic mass is 9.96. The molecular weight excluding hydrogens is 188 g/mol. The highest BCUT2D eigenvalue weighted by atomic mass is 16.2. The summed E-state index contributed by atoms with van der Waals surface area (Å²) in [5.41, 5.74) is 0. The first-order valence-electron chi connectivity index (χ1n) is 6.09. The number of carbonyl (C=O) groups excluding carboxylic acids is 1. The van der Waals surface area contributed by atoms with Crippen molar-refractivity contribution in [2.45, 2.75) is 40.2 Å². The number of hydrogen-bond donors (Lipinski definition) is 1. The molecule has 3 nitrogen and oxygen atoms in total. The molecule has 1 rings (SSSR count). The molecule has 0 aliphatic carbocycles. The van der Waals surface area contributed by atoms with Gasteiger partial charge in [-0.1, -0.05) is 20.8 Å². The van der Waals surface area contributed by atoms with E-state index in [4.69, 9.17) is 0 Å². The van der Waals surface area contributed by atoms with Gasteiger partial charge >= 0.3 is 0 Å². The van der Waals surface area contributed by atoms with Crippen LogP contribution in [0.4, 0.5) is 0 Å². The minimum Gasteiger partial charge on any atom is -0.338 e. The Morgan fingerprint density at radius 3 is 2.53 bits per heavy atom. The normalized spacial score (nSPS) is 23.1. The molecule has 0 spiro atoms. The smallest absolute Gasteiger partial charge is 0.225 e. The molecule has 0 aromatic heterocycles. The van der Waals surface area contributed by atoms with Gasteiger partial charge in [-0.3, -0.25) is 4.79 Å². The van der Waals surface area contributed by atoms with Gasteiger partial charge in [0.15, 0.2) is 0 Å². The van der Waals surface area contributed by atoms with E-state index < -0.39 is 0 Å². The second-order valence-electron chi connectivity index (χ2n) is 4.80. The van der Waals surface area contributed by atoms with Crippen LogP contribution < -0.4 is 5.32 Å². The Kier molecular flexibility index (Phi) is 4.58. The van der Waals surface area contributed by atoms with Crippen molar-refractivity contribution in [2.75, 3.05) is 19.6 Å². The quantitative estimate of drug-likeness (QED) is 0.765. The third kappa shape index (κ3) is 2.94. The molecule has 1 N–H and O–H groups in total. The molecule has 3 heteroatoms. The maximum absolute atomic E-state index is 12.2. The first kappa shape index (κ1) is 12.5. The van der Waals surface area contributed by atoms with Gasteiger partial charge in [-0.05, 0) is 25.8 Å². The number of rotatable bonds is 4. The third-order valence-electron chi connectivity index (χ3n) is 3.49. The van der Waals surface area contributed by atoms with E-state index in [9.17, 15) is 4.79 Å². The lowest BCUT2D eigenvalue weighted by Crippen LogP contribution is -2.44. The van der Waals surface area contributed by atoms with Gasteiger partial charge in [0.25, 0.3) is 0 Å². The van der Waals surface area contributed by atoms with Crippen molar-refractivity contribution in [3.63, 3.8) is 0 Å². The topological polar surface area (TPSA) is 32.3 Å². The Balaban J connectivity index is 2.60. The van der Waals surface area contributed by atoms with Crippen molar-refractivity contribution in [2.24, 2.45) is 11.8 Å². The van der Waals surface area contributed by atoms with Crippen molar-refractivity contribution in [3.05, 3.63) is 0 Å². The standard InChI is InChI=1S/C12H24N2O/c1-5-14(11-6-7-13-8-11)12(15)10(4)9(2)3/h9-11,13H,5-8H2,1-4H3. The number of likely N-dealkylation sites (N-methyl/N-ethyl adjacent to an activating group) is 1. The summed E-state index contributed by atoms with van der Waals surface area (Å²) in [6, 6.07) is 0.420. The van der Waals surface area contributed by atoms with Crippen LogP contribution in [0, 0.1) is 11.8 Å². The molecule has 0 bridgehead atoms. The second-order valence-corrected chi connectivity index (χ2v) is 4.80. The summed E-state index contributed by atoms with van der Waals surface area (Å²) >= 11 is 0. The fourth-order valence-electron chi connectivity index (χ4n) is 2.05. The van der Waals surface area contributed by atoms with E-state index in [2.05, 4.69) is 26.1 Å². The van der Waals surface area contributed by atoms with Gasteiger partial charge in [0.1, 0.15) is 0 Å². The predicted molar refractivity (Wildman–Crippen MR) is 62.7 cm³/mol. The molecule has 1 saturated heterocycles. The highest BCUT2D eigenvalue weighted by Gasteiger charge is 2.29. The summed E-state index contributed by atoms with van der Waals surface area (Å²) in [5, 5.41) is 3.32. The van der Waals surface area contributed by atoms with Crippen LogP contribution >= 0.6 is 0 Å². The van der Waals surface area contributed by atoms with Crippen LogP contribution in [0.5, 0.6) is 0 Å². The minimum atomic E-state index is 0.144. The van der Waals surface area contributed by atoms with E-state index in [1.54, 1.807) is 0 Å². The Bertz CT molecular complexity index is 210. The van der Waals surface area contributed by atoms with Crippen molar-refractivity contribution < 1.29 is 4.79 Å². The number of carbonyl (C=O) groups is 1. The van der Waals surface area contributed by atoms with E-state index in [0.717, 1.165) is 26.1 Å². The van der Waals surface area contributed by atoms with Crippen LogP contribution in [0.2, 0.25) is 0 Å². The van der Waals surface area contributed by atoms with Crippen molar-refractivity contribution >= 4 is 5.91 Å². The molecule has 1 aliphatic rings. The van der Waals surface area contributed by atoms with E-state index in [-0.39, 0.29) is 5.92 Å². The lowest BCUT2D eigenvalue weighted by molar-refractivity contribution is -0.138. The Morgan fingerprint density at radius 1 is 1.47 bits per heavy atom. The van der Waals surface area contributed by atoms with Gasteiger partial charge in [0, 0.05) is 25.0 Å². The third-order valence-corrected chi connectivity index (χ3v) is 3.49. The molecule has 0 aromatic rings. The summed E-state index contributed by atoms with van der Waals surface area (Å²) < 4.78 is 0. The first-order valence-corrected chi connectivity index (χ1v) is 6.09. The zero-order valence-electron chi connectivity index (χ0n) is 10.4. The van der Waals surface area contributed by atoms with Crippen LogP contribution in [-0.4, -0.2) is 36.5 Å². The van der Waals surface area contributed by atoms with Gasteiger partial charge in [-0.15, -0.1) is 0 Å². The molecule has 1 amide bonds. The second kappa shape index (κ2) is 5.50. The zero-order chi connectivity index (χ0) is 11.4. The summed E-state index contributed by atoms with van der Waals surface area (Å²) in [6.45, 7) is 11.2. The maximum atomic E-state index is 12.2. The number of amides is 1. The summed E-state index contributed by atoms with van der Waals surface area (Å²) in [4.78, 5) is 14.2. The Hall–Kier alpha value is -0.570. The van der Waals surface area contributed by atoms with Gasteiger partial charge in [-0.2, -0.15) is 0 Å². The predicted octanol–water partition coefficient (Wildman–Crippen LogP) is 1.49. The molecule has 0 radical (unpaired) electrons. The number of nitrogens with one attached hydrogen (secondary N) is 1. The average molecular weight is 212 g/mol. The van der Waals surface area contributed by atoms with Gasteiger partial charge < -0.3 is 10.2 Å². The maximum Gasteiger partial charge on any atom is 0.225 e. The van der Waals surface area contributed by atoms with Crippen molar-refractivity contribution in [1.29, 1.82) is 0 Å². The Labute approximate surface area is 93.2 Å². The average Bonchev–Trinajstić information content (AvgIpc) is 2.70. The molecule has 15 heavy (non-hydrogen) atoms. The van der Waals surface area contributed by atoms with Crippen LogP contribution in [0.15, 0.2) is 0 Å². The fraction of sp³-hybridized carbons (Fsp3) is 0.917. The number of hydrogen-bond acceptors (Lipinski definition) is 2. The van der Waals surface area contributed by atoms with Crippen LogP contribution in [-0.2, 0) is 4.79 Å². The molecule has 0 aromatic carbocycles. The minimum absolute atomic E-state index is 0.144. The molecule has 1 fully saturated rings. The molecule has 1 heterocycles. The molecular formula is C12H24N2O. The largest absolute Gasteiger partial charge is 0.338 e. The van der Waals surface area contributed by atoms with Crippen LogP contribution in [0.1, 0.15) is 34.1 Å². The monoisotopic (exact) mass is 212 g/mol. The molecule has 2 unspecified atom stereocenters. The molecule has 0 saturated carbocycles. The number of nitrogens with zero attached hydrogens (tertiary/aromatic N) is 1. The van der Waals surface area contributed by atoms with E-state index in [1.807, 2.05) is 11.8 Å². The first-order chi connectivity index (χ1) is 7.07. The summed E-state index contributed by atoms with van der Waals surface area (Å²) in [5.74, 6) is 0.896. The SMILES string of the molecule is CCN(C(=O)C(C)C(C)C)C1CCNC1. The molecule has 1 aliphatic heterocycles. The van der Waals surface area contributed by atoms with Crippen LogP contribution in [0.25, 0.3) is 0 Å².